The molecule has 0 saturated heterocycles. The van der Waals surface area contributed by atoms with Gasteiger partial charge < -0.3 is 5.32 Å². The summed E-state index contributed by atoms with van der Waals surface area (Å²) in [5, 5.41) is 3.40. The van der Waals surface area contributed by atoms with Crippen LogP contribution in [0.15, 0.2) is 40.9 Å². The maximum atomic E-state index is 14.2. The summed E-state index contributed by atoms with van der Waals surface area (Å²) in [6.07, 6.45) is 0. The molecule has 106 valence electrons. The first kappa shape index (κ1) is 15.2. The molecule has 0 radical (unpaired) electrons. The third-order valence-corrected chi connectivity index (χ3v) is 4.00. The van der Waals surface area contributed by atoms with E-state index < -0.39 is 0 Å². The van der Waals surface area contributed by atoms with Crippen molar-refractivity contribution in [3.8, 4) is 0 Å². The van der Waals surface area contributed by atoms with E-state index in [4.69, 9.17) is 0 Å². The number of benzene rings is 2. The molecule has 0 amide bonds. The van der Waals surface area contributed by atoms with Gasteiger partial charge in [-0.05, 0) is 55.3 Å². The number of aryl methyl sites for hydroxylation is 2. The van der Waals surface area contributed by atoms with E-state index in [9.17, 15) is 4.39 Å². The summed E-state index contributed by atoms with van der Waals surface area (Å²) < 4.78 is 15.1. The standard InChI is InChI=1S/C17H19BrFN/c1-4-20-17(14-10-13(18)8-9-15(14)19)16-11(2)6-5-7-12(16)3/h5-10,17,20H,4H2,1-3H3. The molecule has 0 aromatic heterocycles. The summed E-state index contributed by atoms with van der Waals surface area (Å²) in [5.41, 5.74) is 4.19. The summed E-state index contributed by atoms with van der Waals surface area (Å²) in [7, 11) is 0. The van der Waals surface area contributed by atoms with Crippen molar-refractivity contribution in [1.82, 2.24) is 5.32 Å². The van der Waals surface area contributed by atoms with Crippen LogP contribution in [0.5, 0.6) is 0 Å². The van der Waals surface area contributed by atoms with Crippen LogP contribution in [0.25, 0.3) is 0 Å². The summed E-state index contributed by atoms with van der Waals surface area (Å²) in [4.78, 5) is 0. The number of hydrogen-bond donors (Lipinski definition) is 1. The SMILES string of the molecule is CCNC(c1cc(Br)ccc1F)c1c(C)cccc1C. The minimum atomic E-state index is -0.179. The van der Waals surface area contributed by atoms with Gasteiger partial charge in [0, 0.05) is 10.0 Å². The molecule has 2 aromatic carbocycles. The van der Waals surface area contributed by atoms with E-state index in [1.54, 1.807) is 6.07 Å². The first-order valence-corrected chi connectivity index (χ1v) is 7.58. The lowest BCUT2D eigenvalue weighted by molar-refractivity contribution is 0.556. The van der Waals surface area contributed by atoms with Gasteiger partial charge in [0.15, 0.2) is 0 Å². The molecule has 0 aliphatic rings. The Hall–Kier alpha value is -1.19. The average Bonchev–Trinajstić information content (AvgIpc) is 2.40. The van der Waals surface area contributed by atoms with Crippen LogP contribution in [-0.2, 0) is 0 Å². The fourth-order valence-electron chi connectivity index (χ4n) is 2.59. The molecule has 0 aliphatic heterocycles. The first-order valence-electron chi connectivity index (χ1n) is 6.79. The van der Waals surface area contributed by atoms with E-state index in [0.717, 1.165) is 16.6 Å². The predicted molar refractivity (Wildman–Crippen MR) is 85.5 cm³/mol. The molecule has 1 nitrogen and oxygen atoms in total. The summed E-state index contributed by atoms with van der Waals surface area (Å²) >= 11 is 3.43. The van der Waals surface area contributed by atoms with Crippen molar-refractivity contribution in [3.05, 3.63) is 68.9 Å². The van der Waals surface area contributed by atoms with Gasteiger partial charge in [0.1, 0.15) is 5.82 Å². The first-order chi connectivity index (χ1) is 9.54. The minimum absolute atomic E-state index is 0.126. The van der Waals surface area contributed by atoms with E-state index in [-0.39, 0.29) is 11.9 Å². The maximum absolute atomic E-state index is 14.2. The van der Waals surface area contributed by atoms with E-state index in [0.29, 0.717) is 5.56 Å². The van der Waals surface area contributed by atoms with Crippen LogP contribution in [0.1, 0.15) is 35.2 Å². The summed E-state index contributed by atoms with van der Waals surface area (Å²) in [5.74, 6) is -0.179. The zero-order chi connectivity index (χ0) is 14.7. The van der Waals surface area contributed by atoms with Crippen molar-refractivity contribution in [3.63, 3.8) is 0 Å². The molecule has 0 saturated carbocycles. The lowest BCUT2D eigenvalue weighted by atomic mass is 9.91. The van der Waals surface area contributed by atoms with Crippen LogP contribution in [0, 0.1) is 19.7 Å². The van der Waals surface area contributed by atoms with Gasteiger partial charge in [-0.25, -0.2) is 4.39 Å². The molecule has 0 fully saturated rings. The smallest absolute Gasteiger partial charge is 0.128 e. The third kappa shape index (κ3) is 3.10. The van der Waals surface area contributed by atoms with Crippen molar-refractivity contribution in [1.29, 1.82) is 0 Å². The quantitative estimate of drug-likeness (QED) is 0.837. The molecule has 0 aliphatic carbocycles. The highest BCUT2D eigenvalue weighted by Gasteiger charge is 2.20. The Kier molecular flexibility index (Phi) is 4.95. The topological polar surface area (TPSA) is 12.0 Å². The minimum Gasteiger partial charge on any atom is -0.306 e. The predicted octanol–water partition coefficient (Wildman–Crippen LogP) is 4.90. The van der Waals surface area contributed by atoms with Crippen molar-refractivity contribution < 1.29 is 4.39 Å². The molecular weight excluding hydrogens is 317 g/mol. The largest absolute Gasteiger partial charge is 0.306 e. The van der Waals surface area contributed by atoms with Crippen molar-refractivity contribution in [2.24, 2.45) is 0 Å². The van der Waals surface area contributed by atoms with E-state index in [1.165, 1.54) is 17.2 Å². The number of halogens is 2. The van der Waals surface area contributed by atoms with Gasteiger partial charge in [-0.1, -0.05) is 41.1 Å². The highest BCUT2D eigenvalue weighted by molar-refractivity contribution is 9.10. The van der Waals surface area contributed by atoms with Gasteiger partial charge in [0.05, 0.1) is 6.04 Å². The van der Waals surface area contributed by atoms with E-state index in [1.807, 2.05) is 19.1 Å². The monoisotopic (exact) mass is 335 g/mol. The van der Waals surface area contributed by atoms with Gasteiger partial charge in [0.25, 0.3) is 0 Å². The highest BCUT2D eigenvalue weighted by atomic mass is 79.9. The second-order valence-corrected chi connectivity index (χ2v) is 5.88. The molecule has 1 atom stereocenters. The van der Waals surface area contributed by atoms with Crippen LogP contribution in [0.3, 0.4) is 0 Å². The highest BCUT2D eigenvalue weighted by Crippen LogP contribution is 2.31. The molecule has 3 heteroatoms. The number of hydrogen-bond acceptors (Lipinski definition) is 1. The van der Waals surface area contributed by atoms with Crippen molar-refractivity contribution in [2.45, 2.75) is 26.8 Å². The van der Waals surface area contributed by atoms with Gasteiger partial charge >= 0.3 is 0 Å². The zero-order valence-electron chi connectivity index (χ0n) is 12.0. The van der Waals surface area contributed by atoms with Crippen molar-refractivity contribution in [2.75, 3.05) is 6.54 Å². The molecule has 0 bridgehead atoms. The Bertz CT molecular complexity index is 590. The van der Waals surface area contributed by atoms with Gasteiger partial charge in [-0.2, -0.15) is 0 Å². The Morgan fingerprint density at radius 3 is 2.40 bits per heavy atom. The maximum Gasteiger partial charge on any atom is 0.128 e. The molecule has 0 spiro atoms. The lowest BCUT2D eigenvalue weighted by Gasteiger charge is -2.23. The van der Waals surface area contributed by atoms with E-state index >= 15 is 0 Å². The molecule has 1 unspecified atom stereocenters. The van der Waals surface area contributed by atoms with Crippen LogP contribution in [-0.4, -0.2) is 6.54 Å². The Morgan fingerprint density at radius 2 is 1.80 bits per heavy atom. The zero-order valence-corrected chi connectivity index (χ0v) is 13.6. The number of rotatable bonds is 4. The van der Waals surface area contributed by atoms with Crippen LogP contribution < -0.4 is 5.32 Å². The molecular formula is C17H19BrFN. The van der Waals surface area contributed by atoms with Crippen molar-refractivity contribution >= 4 is 15.9 Å². The van der Waals surface area contributed by atoms with Gasteiger partial charge in [-0.3, -0.25) is 0 Å². The van der Waals surface area contributed by atoms with Gasteiger partial charge in [0.2, 0.25) is 0 Å². The second kappa shape index (κ2) is 6.51. The van der Waals surface area contributed by atoms with Crippen LogP contribution in [0.4, 0.5) is 4.39 Å². The normalized spacial score (nSPS) is 12.4. The van der Waals surface area contributed by atoms with E-state index in [2.05, 4.69) is 47.2 Å². The fourth-order valence-corrected chi connectivity index (χ4v) is 2.97. The lowest BCUT2D eigenvalue weighted by Crippen LogP contribution is -2.24. The molecule has 20 heavy (non-hydrogen) atoms. The number of nitrogens with one attached hydrogen (secondary N) is 1. The summed E-state index contributed by atoms with van der Waals surface area (Å²) in [6.45, 7) is 6.96. The van der Waals surface area contributed by atoms with Crippen LogP contribution >= 0.6 is 15.9 Å². The Labute approximate surface area is 128 Å². The van der Waals surface area contributed by atoms with Gasteiger partial charge in [-0.15, -0.1) is 0 Å². The molecule has 2 aromatic rings. The second-order valence-electron chi connectivity index (χ2n) is 4.96. The molecule has 2 rings (SSSR count). The molecule has 0 heterocycles. The third-order valence-electron chi connectivity index (χ3n) is 3.51. The Morgan fingerprint density at radius 1 is 1.15 bits per heavy atom. The average molecular weight is 336 g/mol. The summed E-state index contributed by atoms with van der Waals surface area (Å²) in [6, 6.07) is 11.1. The Balaban J connectivity index is 2.59. The fraction of sp³-hybridized carbons (Fsp3) is 0.294. The van der Waals surface area contributed by atoms with Crippen LogP contribution in [0.2, 0.25) is 0 Å². The molecule has 1 N–H and O–H groups in total.